The van der Waals surface area contributed by atoms with Crippen molar-refractivity contribution in [1.29, 1.82) is 0 Å². The molecule has 0 unspecified atom stereocenters. The number of anilines is 1. The van der Waals surface area contributed by atoms with Gasteiger partial charge in [-0.2, -0.15) is 0 Å². The number of nitrogens with zero attached hydrogens (tertiary/aromatic N) is 3. The fourth-order valence-electron chi connectivity index (χ4n) is 4.04. The smallest absolute Gasteiger partial charge is 0.124 e. The zero-order valence-electron chi connectivity index (χ0n) is 17.7. The Morgan fingerprint density at radius 2 is 2.03 bits per heavy atom. The van der Waals surface area contributed by atoms with Crippen molar-refractivity contribution in [1.82, 2.24) is 14.9 Å². The maximum atomic E-state index is 13.8. The average Bonchev–Trinajstić information content (AvgIpc) is 3.21. The number of fused-ring (bicyclic) bond motifs is 1. The number of thiazole rings is 1. The molecular weight excluding hydrogens is 399 g/mol. The molecule has 30 heavy (non-hydrogen) atoms. The van der Waals surface area contributed by atoms with E-state index in [-0.39, 0.29) is 5.82 Å². The summed E-state index contributed by atoms with van der Waals surface area (Å²) >= 11 is 1.76. The topological polar surface area (TPSA) is 50.3 Å². The minimum absolute atomic E-state index is 0.242. The Kier molecular flexibility index (Phi) is 6.92. The summed E-state index contributed by atoms with van der Waals surface area (Å²) in [6, 6.07) is 6.73. The van der Waals surface area contributed by atoms with Gasteiger partial charge in [-0.05, 0) is 62.5 Å². The van der Waals surface area contributed by atoms with Crippen LogP contribution in [0.3, 0.4) is 0 Å². The third-order valence-electron chi connectivity index (χ3n) is 5.69. The van der Waals surface area contributed by atoms with Crippen molar-refractivity contribution in [2.24, 2.45) is 5.92 Å². The van der Waals surface area contributed by atoms with E-state index in [0.29, 0.717) is 12.5 Å². The summed E-state index contributed by atoms with van der Waals surface area (Å²) in [6.45, 7) is 6.60. The van der Waals surface area contributed by atoms with E-state index in [1.165, 1.54) is 16.8 Å². The fourth-order valence-corrected chi connectivity index (χ4v) is 4.77. The van der Waals surface area contributed by atoms with Gasteiger partial charge in [-0.15, -0.1) is 11.3 Å². The Hall–Kier alpha value is -2.09. The minimum atomic E-state index is -0.242. The Labute approximate surface area is 181 Å². The standard InChI is InChI=1S/C23H29FN4OS/c1-3-23-27-19(15-30-23)13-28-8-6-16(7-9-28)12-25-22-11-18(14-29-2)26-21-5-4-17(24)10-20(21)22/h4-5,10-11,15-16H,3,6-9,12-14H2,1-2H3,(H,25,26). The molecule has 2 aromatic heterocycles. The van der Waals surface area contributed by atoms with E-state index in [2.05, 4.69) is 27.5 Å². The monoisotopic (exact) mass is 428 g/mol. The van der Waals surface area contributed by atoms with E-state index in [9.17, 15) is 4.39 Å². The van der Waals surface area contributed by atoms with E-state index < -0.39 is 0 Å². The van der Waals surface area contributed by atoms with Gasteiger partial charge in [-0.25, -0.2) is 9.37 Å². The van der Waals surface area contributed by atoms with Crippen molar-refractivity contribution in [2.45, 2.75) is 39.3 Å². The number of ether oxygens (including phenoxy) is 1. The van der Waals surface area contributed by atoms with Crippen molar-refractivity contribution < 1.29 is 9.13 Å². The Balaban J connectivity index is 1.36. The molecule has 1 saturated heterocycles. The van der Waals surface area contributed by atoms with Crippen molar-refractivity contribution in [3.05, 3.63) is 51.9 Å². The van der Waals surface area contributed by atoms with Gasteiger partial charge in [0, 0.05) is 36.7 Å². The number of hydrogen-bond donors (Lipinski definition) is 1. The van der Waals surface area contributed by atoms with Gasteiger partial charge in [0.15, 0.2) is 0 Å². The highest BCUT2D eigenvalue weighted by molar-refractivity contribution is 7.09. The minimum Gasteiger partial charge on any atom is -0.384 e. The normalized spacial score (nSPS) is 15.7. The lowest BCUT2D eigenvalue weighted by Crippen LogP contribution is -2.35. The van der Waals surface area contributed by atoms with E-state index in [4.69, 9.17) is 9.72 Å². The maximum absolute atomic E-state index is 13.8. The van der Waals surface area contributed by atoms with Gasteiger partial charge in [0.25, 0.3) is 0 Å². The molecule has 4 rings (SSSR count). The second-order valence-electron chi connectivity index (χ2n) is 7.94. The van der Waals surface area contributed by atoms with Crippen LogP contribution in [-0.2, 0) is 24.3 Å². The molecule has 0 aliphatic carbocycles. The summed E-state index contributed by atoms with van der Waals surface area (Å²) < 4.78 is 19.1. The summed E-state index contributed by atoms with van der Waals surface area (Å²) in [5.74, 6) is 0.360. The SMILES string of the molecule is CCc1nc(CN2CCC(CNc3cc(COC)nc4ccc(F)cc34)CC2)cs1. The second-order valence-corrected chi connectivity index (χ2v) is 8.88. The molecular formula is C23H29FN4OS. The molecule has 1 aliphatic heterocycles. The maximum Gasteiger partial charge on any atom is 0.124 e. The van der Waals surface area contributed by atoms with Crippen LogP contribution in [-0.4, -0.2) is 41.6 Å². The third-order valence-corrected chi connectivity index (χ3v) is 6.73. The Morgan fingerprint density at radius 3 is 2.77 bits per heavy atom. The van der Waals surface area contributed by atoms with Crippen molar-refractivity contribution >= 4 is 27.9 Å². The summed E-state index contributed by atoms with van der Waals surface area (Å²) in [5, 5.41) is 7.80. The number of rotatable bonds is 8. The lowest BCUT2D eigenvalue weighted by atomic mass is 9.96. The highest BCUT2D eigenvalue weighted by Gasteiger charge is 2.20. The summed E-state index contributed by atoms with van der Waals surface area (Å²) in [4.78, 5) is 11.8. The second kappa shape index (κ2) is 9.81. The van der Waals surface area contributed by atoms with Crippen LogP contribution < -0.4 is 5.32 Å². The molecule has 5 nitrogen and oxygen atoms in total. The first-order valence-electron chi connectivity index (χ1n) is 10.6. The van der Waals surface area contributed by atoms with Crippen molar-refractivity contribution in [2.75, 3.05) is 32.1 Å². The number of aromatic nitrogens is 2. The van der Waals surface area contributed by atoms with E-state index in [0.717, 1.165) is 67.7 Å². The van der Waals surface area contributed by atoms with Crippen molar-refractivity contribution in [3.63, 3.8) is 0 Å². The molecule has 3 aromatic rings. The van der Waals surface area contributed by atoms with E-state index in [1.807, 2.05) is 6.07 Å². The van der Waals surface area contributed by atoms with Crippen LogP contribution in [0.15, 0.2) is 29.6 Å². The number of halogens is 1. The van der Waals surface area contributed by atoms with Gasteiger partial charge >= 0.3 is 0 Å². The summed E-state index contributed by atoms with van der Waals surface area (Å²) in [5.41, 5.74) is 3.77. The van der Waals surface area contributed by atoms with Crippen LogP contribution in [0.25, 0.3) is 10.9 Å². The van der Waals surface area contributed by atoms with Gasteiger partial charge in [-0.1, -0.05) is 6.92 Å². The molecule has 0 spiro atoms. The molecule has 1 aliphatic rings. The zero-order chi connectivity index (χ0) is 20.9. The zero-order valence-corrected chi connectivity index (χ0v) is 18.5. The molecule has 0 radical (unpaired) electrons. The molecule has 0 atom stereocenters. The van der Waals surface area contributed by atoms with Gasteiger partial charge in [0.05, 0.1) is 28.5 Å². The van der Waals surface area contributed by atoms with E-state index in [1.54, 1.807) is 30.6 Å². The molecule has 160 valence electrons. The van der Waals surface area contributed by atoms with Gasteiger partial charge in [0.2, 0.25) is 0 Å². The number of methoxy groups -OCH3 is 1. The summed E-state index contributed by atoms with van der Waals surface area (Å²) in [7, 11) is 1.66. The van der Waals surface area contributed by atoms with Crippen LogP contribution in [0.5, 0.6) is 0 Å². The largest absolute Gasteiger partial charge is 0.384 e. The molecule has 0 saturated carbocycles. The molecule has 1 aromatic carbocycles. The number of benzene rings is 1. The predicted molar refractivity (Wildman–Crippen MR) is 120 cm³/mol. The van der Waals surface area contributed by atoms with Gasteiger partial charge in [-0.3, -0.25) is 9.88 Å². The van der Waals surface area contributed by atoms with Gasteiger partial charge in [0.1, 0.15) is 5.82 Å². The summed E-state index contributed by atoms with van der Waals surface area (Å²) in [6.07, 6.45) is 3.32. The van der Waals surface area contributed by atoms with E-state index >= 15 is 0 Å². The van der Waals surface area contributed by atoms with Gasteiger partial charge < -0.3 is 10.1 Å². The average molecular weight is 429 g/mol. The first-order valence-corrected chi connectivity index (χ1v) is 11.5. The lowest BCUT2D eigenvalue weighted by Gasteiger charge is -2.31. The quantitative estimate of drug-likeness (QED) is 0.555. The number of nitrogens with one attached hydrogen (secondary N) is 1. The highest BCUT2D eigenvalue weighted by Crippen LogP contribution is 2.26. The Morgan fingerprint density at radius 1 is 1.20 bits per heavy atom. The van der Waals surface area contributed by atoms with Crippen LogP contribution >= 0.6 is 11.3 Å². The number of piperidine rings is 1. The number of hydrogen-bond acceptors (Lipinski definition) is 6. The highest BCUT2D eigenvalue weighted by atomic mass is 32.1. The van der Waals surface area contributed by atoms with Crippen LogP contribution in [0.2, 0.25) is 0 Å². The van der Waals surface area contributed by atoms with Crippen molar-refractivity contribution in [3.8, 4) is 0 Å². The number of likely N-dealkylation sites (tertiary alicyclic amines) is 1. The fraction of sp³-hybridized carbons (Fsp3) is 0.478. The molecule has 1 fully saturated rings. The molecule has 7 heteroatoms. The molecule has 1 N–H and O–H groups in total. The number of aryl methyl sites for hydroxylation is 1. The third kappa shape index (κ3) is 5.14. The molecule has 0 bridgehead atoms. The first-order chi connectivity index (χ1) is 14.6. The van der Waals surface area contributed by atoms with Crippen LogP contribution in [0.4, 0.5) is 10.1 Å². The number of pyridine rings is 1. The first kappa shape index (κ1) is 21.2. The lowest BCUT2D eigenvalue weighted by molar-refractivity contribution is 0.180. The predicted octanol–water partition coefficient (Wildman–Crippen LogP) is 4.86. The Bertz CT molecular complexity index is 984. The van der Waals surface area contributed by atoms with Crippen LogP contribution in [0.1, 0.15) is 36.2 Å². The molecule has 0 amide bonds. The van der Waals surface area contributed by atoms with Crippen LogP contribution in [0, 0.1) is 11.7 Å². The molecule has 3 heterocycles.